The van der Waals surface area contributed by atoms with E-state index >= 15 is 0 Å². The molecule has 2 unspecified atom stereocenters. The highest BCUT2D eigenvalue weighted by molar-refractivity contribution is 5.31. The Morgan fingerprint density at radius 2 is 1.39 bits per heavy atom. The average Bonchev–Trinajstić information content (AvgIpc) is 3.03. The zero-order valence-corrected chi connectivity index (χ0v) is 24.3. The highest BCUT2D eigenvalue weighted by atomic mass is 16.5. The van der Waals surface area contributed by atoms with Crippen LogP contribution in [0, 0.1) is 5.92 Å². The standard InChI is InChI=1S/C35H46N2O4/c1-2-6-28(7-3-1)24-38-20-5-21-40-33-12-10-32(11-13-33)34-16-19-37-23-35(34)41-27-31-9-4-8-30(22-31)26-39-25-29-14-17-36-18-15-29/h1-4,6-13,22,29,34-37H,5,14-21,23-27H2. The number of hydrogen-bond acceptors (Lipinski definition) is 6. The summed E-state index contributed by atoms with van der Waals surface area (Å²) in [7, 11) is 0. The van der Waals surface area contributed by atoms with Crippen molar-refractivity contribution in [3.8, 4) is 5.75 Å². The van der Waals surface area contributed by atoms with Crippen molar-refractivity contribution in [2.75, 3.05) is 46.0 Å². The maximum Gasteiger partial charge on any atom is 0.119 e. The molecule has 220 valence electrons. The first-order chi connectivity index (χ1) is 20.3. The predicted molar refractivity (Wildman–Crippen MR) is 163 cm³/mol. The van der Waals surface area contributed by atoms with E-state index in [9.17, 15) is 0 Å². The molecular formula is C35H46N2O4. The van der Waals surface area contributed by atoms with Crippen molar-refractivity contribution in [3.63, 3.8) is 0 Å². The predicted octanol–water partition coefficient (Wildman–Crippen LogP) is 5.85. The van der Waals surface area contributed by atoms with Gasteiger partial charge in [-0.05, 0) is 79.2 Å². The normalized spacial score (nSPS) is 19.7. The molecule has 2 atom stereocenters. The second-order valence-corrected chi connectivity index (χ2v) is 11.3. The maximum atomic E-state index is 6.50. The van der Waals surface area contributed by atoms with Crippen molar-refractivity contribution in [1.82, 2.24) is 10.6 Å². The zero-order valence-electron chi connectivity index (χ0n) is 24.3. The quantitative estimate of drug-likeness (QED) is 0.228. The smallest absolute Gasteiger partial charge is 0.119 e. The summed E-state index contributed by atoms with van der Waals surface area (Å²) in [5, 5.41) is 6.94. The van der Waals surface area contributed by atoms with Crippen LogP contribution in [0.3, 0.4) is 0 Å². The van der Waals surface area contributed by atoms with Crippen LogP contribution in [0.2, 0.25) is 0 Å². The first-order valence-corrected chi connectivity index (χ1v) is 15.4. The van der Waals surface area contributed by atoms with Crippen molar-refractivity contribution < 1.29 is 18.9 Å². The molecule has 0 radical (unpaired) electrons. The highest BCUT2D eigenvalue weighted by Gasteiger charge is 2.27. The first kappa shape index (κ1) is 29.7. The van der Waals surface area contributed by atoms with Gasteiger partial charge in [0.1, 0.15) is 5.75 Å². The Balaban J connectivity index is 1.03. The number of rotatable bonds is 15. The molecule has 0 saturated carbocycles. The van der Waals surface area contributed by atoms with E-state index in [1.54, 1.807) is 0 Å². The van der Waals surface area contributed by atoms with Gasteiger partial charge < -0.3 is 29.6 Å². The molecule has 0 aliphatic carbocycles. The Bertz CT molecular complexity index is 1130. The number of hydrogen-bond donors (Lipinski definition) is 2. The van der Waals surface area contributed by atoms with Crippen LogP contribution >= 0.6 is 0 Å². The van der Waals surface area contributed by atoms with Crippen LogP contribution in [0.25, 0.3) is 0 Å². The highest BCUT2D eigenvalue weighted by Crippen LogP contribution is 2.30. The minimum absolute atomic E-state index is 0.136. The van der Waals surface area contributed by atoms with E-state index in [2.05, 4.69) is 71.3 Å². The van der Waals surface area contributed by atoms with Gasteiger partial charge in [-0.1, -0.05) is 66.7 Å². The van der Waals surface area contributed by atoms with Crippen LogP contribution in [-0.2, 0) is 34.0 Å². The van der Waals surface area contributed by atoms with Crippen molar-refractivity contribution in [2.24, 2.45) is 5.92 Å². The summed E-state index contributed by atoms with van der Waals surface area (Å²) in [6.07, 6.45) is 4.49. The number of nitrogens with one attached hydrogen (secondary N) is 2. The molecule has 2 fully saturated rings. The van der Waals surface area contributed by atoms with Gasteiger partial charge in [0.05, 0.1) is 39.1 Å². The van der Waals surface area contributed by atoms with Gasteiger partial charge in [0, 0.05) is 25.5 Å². The molecule has 2 aliphatic heterocycles. The van der Waals surface area contributed by atoms with Gasteiger partial charge in [0.15, 0.2) is 0 Å². The lowest BCUT2D eigenvalue weighted by molar-refractivity contribution is 0.0105. The van der Waals surface area contributed by atoms with E-state index in [0.29, 0.717) is 44.9 Å². The van der Waals surface area contributed by atoms with E-state index in [1.165, 1.54) is 35.1 Å². The molecule has 0 bridgehead atoms. The van der Waals surface area contributed by atoms with Gasteiger partial charge in [-0.25, -0.2) is 0 Å². The molecule has 0 spiro atoms. The summed E-state index contributed by atoms with van der Waals surface area (Å²) in [6, 6.07) is 27.5. The molecule has 6 nitrogen and oxygen atoms in total. The molecule has 2 aliphatic rings. The average molecular weight is 559 g/mol. The largest absolute Gasteiger partial charge is 0.494 e. The maximum absolute atomic E-state index is 6.50. The molecule has 41 heavy (non-hydrogen) atoms. The van der Waals surface area contributed by atoms with Crippen LogP contribution in [0.15, 0.2) is 78.9 Å². The molecule has 2 saturated heterocycles. The SMILES string of the molecule is c1ccc(COCCCOc2ccc(C3CCNCC3OCc3cccc(COCC4CCNCC4)c3)cc2)cc1. The summed E-state index contributed by atoms with van der Waals surface area (Å²) < 4.78 is 24.3. The van der Waals surface area contributed by atoms with Crippen molar-refractivity contribution in [1.29, 1.82) is 0 Å². The van der Waals surface area contributed by atoms with Crippen LogP contribution in [0.1, 0.15) is 53.9 Å². The van der Waals surface area contributed by atoms with Crippen LogP contribution in [0.5, 0.6) is 5.75 Å². The summed E-state index contributed by atoms with van der Waals surface area (Å²) >= 11 is 0. The molecule has 3 aromatic carbocycles. The third kappa shape index (κ3) is 9.94. The monoisotopic (exact) mass is 558 g/mol. The van der Waals surface area contributed by atoms with E-state index < -0.39 is 0 Å². The van der Waals surface area contributed by atoms with E-state index in [0.717, 1.165) is 51.4 Å². The minimum Gasteiger partial charge on any atom is -0.494 e. The van der Waals surface area contributed by atoms with Crippen LogP contribution in [0.4, 0.5) is 0 Å². The first-order valence-electron chi connectivity index (χ1n) is 15.4. The Morgan fingerprint density at radius 1 is 0.659 bits per heavy atom. The van der Waals surface area contributed by atoms with Crippen molar-refractivity contribution >= 4 is 0 Å². The fraction of sp³-hybridized carbons (Fsp3) is 0.486. The lowest BCUT2D eigenvalue weighted by Crippen LogP contribution is -2.40. The fourth-order valence-electron chi connectivity index (χ4n) is 5.72. The van der Waals surface area contributed by atoms with E-state index in [-0.39, 0.29) is 6.10 Å². The van der Waals surface area contributed by atoms with E-state index in [4.69, 9.17) is 18.9 Å². The Labute approximate surface area is 245 Å². The second-order valence-electron chi connectivity index (χ2n) is 11.3. The molecule has 0 amide bonds. The third-order valence-electron chi connectivity index (χ3n) is 8.08. The zero-order chi connectivity index (χ0) is 28.0. The Morgan fingerprint density at radius 3 is 2.22 bits per heavy atom. The third-order valence-corrected chi connectivity index (χ3v) is 8.08. The van der Waals surface area contributed by atoms with Crippen molar-refractivity contribution in [3.05, 3.63) is 101 Å². The summed E-state index contributed by atoms with van der Waals surface area (Å²) in [5.74, 6) is 1.96. The topological polar surface area (TPSA) is 61.0 Å². The van der Waals surface area contributed by atoms with Gasteiger partial charge in [-0.15, -0.1) is 0 Å². The van der Waals surface area contributed by atoms with Gasteiger partial charge in [0.2, 0.25) is 0 Å². The summed E-state index contributed by atoms with van der Waals surface area (Å²) in [5.41, 5.74) is 4.94. The fourth-order valence-corrected chi connectivity index (χ4v) is 5.72. The Kier molecular flexibility index (Phi) is 12.1. The van der Waals surface area contributed by atoms with Gasteiger partial charge >= 0.3 is 0 Å². The lowest BCUT2D eigenvalue weighted by atomic mass is 9.87. The van der Waals surface area contributed by atoms with Crippen molar-refractivity contribution in [2.45, 2.75) is 57.5 Å². The van der Waals surface area contributed by atoms with Crippen LogP contribution in [-0.4, -0.2) is 52.1 Å². The number of ether oxygens (including phenoxy) is 4. The molecule has 3 aromatic rings. The summed E-state index contributed by atoms with van der Waals surface area (Å²) in [4.78, 5) is 0. The number of piperidine rings is 2. The lowest BCUT2D eigenvalue weighted by Gasteiger charge is -2.32. The molecule has 0 aromatic heterocycles. The van der Waals surface area contributed by atoms with Gasteiger partial charge in [-0.2, -0.15) is 0 Å². The second kappa shape index (κ2) is 16.6. The Hall–Kier alpha value is -2.74. The summed E-state index contributed by atoms with van der Waals surface area (Å²) in [6.45, 7) is 8.21. The van der Waals surface area contributed by atoms with E-state index in [1.807, 2.05) is 18.2 Å². The molecule has 2 heterocycles. The molecule has 5 rings (SSSR count). The molecule has 2 N–H and O–H groups in total. The van der Waals surface area contributed by atoms with Crippen LogP contribution < -0.4 is 15.4 Å². The molecular weight excluding hydrogens is 512 g/mol. The minimum atomic E-state index is 0.136. The number of benzene rings is 3. The molecule has 6 heteroatoms. The van der Waals surface area contributed by atoms with Gasteiger partial charge in [-0.3, -0.25) is 0 Å². The van der Waals surface area contributed by atoms with Gasteiger partial charge in [0.25, 0.3) is 0 Å².